The number of aryl methyl sites for hydroxylation is 1. The second-order valence-electron chi connectivity index (χ2n) is 9.10. The number of hydrogen-bond donors (Lipinski definition) is 0. The highest BCUT2D eigenvalue weighted by atomic mass is 35.5. The van der Waals surface area contributed by atoms with Gasteiger partial charge in [-0.2, -0.15) is 0 Å². The van der Waals surface area contributed by atoms with E-state index < -0.39 is 5.60 Å². The summed E-state index contributed by atoms with van der Waals surface area (Å²) in [7, 11) is 0. The average Bonchev–Trinajstić information content (AvgIpc) is 2.93. The topological polar surface area (TPSA) is 32.8 Å². The third-order valence-electron chi connectivity index (χ3n) is 6.12. The molecule has 1 unspecified atom stereocenters. The predicted octanol–water partition coefficient (Wildman–Crippen LogP) is 5.02. The van der Waals surface area contributed by atoms with Crippen LogP contribution in [-0.2, 0) is 11.2 Å². The Morgan fingerprint density at radius 1 is 1.27 bits per heavy atom. The van der Waals surface area contributed by atoms with Crippen molar-refractivity contribution in [3.05, 3.63) is 28.8 Å². The highest BCUT2D eigenvalue weighted by Crippen LogP contribution is 2.48. The quantitative estimate of drug-likeness (QED) is 0.689. The van der Waals surface area contributed by atoms with Gasteiger partial charge in [0.2, 0.25) is 0 Å². The van der Waals surface area contributed by atoms with Crippen LogP contribution >= 0.6 is 11.6 Å². The van der Waals surface area contributed by atoms with Crippen LogP contribution in [0.3, 0.4) is 0 Å². The molecule has 1 aromatic carbocycles. The van der Waals surface area contributed by atoms with Gasteiger partial charge in [-0.15, -0.1) is 0 Å². The molecule has 2 heterocycles. The van der Waals surface area contributed by atoms with Gasteiger partial charge < -0.3 is 14.5 Å². The van der Waals surface area contributed by atoms with Gasteiger partial charge >= 0.3 is 6.09 Å². The van der Waals surface area contributed by atoms with Gasteiger partial charge in [0.25, 0.3) is 0 Å². The SMILES string of the molecule is CC(C)(C)OC(=O)N1CC(N2CCCc3cc(Cl)ccc32)CC12CCC2. The summed E-state index contributed by atoms with van der Waals surface area (Å²) in [6.07, 6.45) is 6.54. The minimum absolute atomic E-state index is 0.0109. The van der Waals surface area contributed by atoms with Crippen molar-refractivity contribution >= 4 is 23.4 Å². The molecule has 1 saturated heterocycles. The van der Waals surface area contributed by atoms with Crippen molar-refractivity contribution in [1.82, 2.24) is 4.90 Å². The van der Waals surface area contributed by atoms with Crippen molar-refractivity contribution in [2.45, 2.75) is 76.5 Å². The molecular formula is C21H29ClN2O2. The minimum atomic E-state index is -0.450. The van der Waals surface area contributed by atoms with E-state index in [1.54, 1.807) is 0 Å². The summed E-state index contributed by atoms with van der Waals surface area (Å²) in [5, 5.41) is 0.808. The molecule has 5 heteroatoms. The summed E-state index contributed by atoms with van der Waals surface area (Å²) in [5.41, 5.74) is 2.19. The zero-order chi connectivity index (χ0) is 18.5. The Labute approximate surface area is 161 Å². The number of anilines is 1. The molecular weight excluding hydrogens is 348 g/mol. The molecule has 26 heavy (non-hydrogen) atoms. The van der Waals surface area contributed by atoms with E-state index >= 15 is 0 Å². The fourth-order valence-corrected chi connectivity index (χ4v) is 5.04. The minimum Gasteiger partial charge on any atom is -0.444 e. The molecule has 0 radical (unpaired) electrons. The molecule has 0 N–H and O–H groups in total. The second-order valence-corrected chi connectivity index (χ2v) is 9.53. The zero-order valence-corrected chi connectivity index (χ0v) is 16.8. The molecule has 1 aliphatic carbocycles. The standard InChI is InChI=1S/C21H29ClN2O2/c1-20(2,3)26-19(25)24-14-17(13-21(24)9-5-10-21)23-11-4-6-15-12-16(22)7-8-18(15)23/h7-8,12,17H,4-6,9-11,13-14H2,1-3H3. The summed E-state index contributed by atoms with van der Waals surface area (Å²) < 4.78 is 5.72. The van der Waals surface area contributed by atoms with E-state index in [-0.39, 0.29) is 11.6 Å². The number of likely N-dealkylation sites (tertiary alicyclic amines) is 1. The van der Waals surface area contributed by atoms with Crippen LogP contribution in [0.15, 0.2) is 18.2 Å². The van der Waals surface area contributed by atoms with E-state index in [2.05, 4.69) is 17.0 Å². The number of hydrogen-bond acceptors (Lipinski definition) is 3. The molecule has 1 aromatic rings. The van der Waals surface area contributed by atoms with Crippen LogP contribution in [0.25, 0.3) is 0 Å². The van der Waals surface area contributed by atoms with Crippen LogP contribution < -0.4 is 4.90 Å². The van der Waals surface area contributed by atoms with Crippen molar-refractivity contribution in [1.29, 1.82) is 0 Å². The molecule has 1 saturated carbocycles. The van der Waals surface area contributed by atoms with Crippen LogP contribution in [-0.4, -0.2) is 41.3 Å². The van der Waals surface area contributed by atoms with Crippen LogP contribution in [0.4, 0.5) is 10.5 Å². The highest BCUT2D eigenvalue weighted by molar-refractivity contribution is 6.30. The maximum absolute atomic E-state index is 12.9. The smallest absolute Gasteiger partial charge is 0.410 e. The van der Waals surface area contributed by atoms with Gasteiger partial charge in [0.1, 0.15) is 5.60 Å². The lowest BCUT2D eigenvalue weighted by Crippen LogP contribution is -2.53. The molecule has 4 nitrogen and oxygen atoms in total. The number of benzene rings is 1. The maximum Gasteiger partial charge on any atom is 0.410 e. The largest absolute Gasteiger partial charge is 0.444 e. The number of fused-ring (bicyclic) bond motifs is 1. The Hall–Kier alpha value is -1.42. The predicted molar refractivity (Wildman–Crippen MR) is 105 cm³/mol. The van der Waals surface area contributed by atoms with Gasteiger partial charge in [-0.25, -0.2) is 4.79 Å². The van der Waals surface area contributed by atoms with Crippen LogP contribution in [0.2, 0.25) is 5.02 Å². The van der Waals surface area contributed by atoms with Crippen molar-refractivity contribution < 1.29 is 9.53 Å². The fraction of sp³-hybridized carbons (Fsp3) is 0.667. The van der Waals surface area contributed by atoms with Gasteiger partial charge in [-0.3, -0.25) is 0 Å². The number of halogens is 1. The Kier molecular flexibility index (Phi) is 4.37. The third-order valence-corrected chi connectivity index (χ3v) is 6.35. The van der Waals surface area contributed by atoms with Crippen molar-refractivity contribution in [3.8, 4) is 0 Å². The number of amides is 1. The number of carbonyl (C=O) groups excluding carboxylic acids is 1. The highest BCUT2D eigenvalue weighted by Gasteiger charge is 2.54. The van der Waals surface area contributed by atoms with E-state index in [1.807, 2.05) is 31.7 Å². The number of rotatable bonds is 1. The Bertz CT molecular complexity index is 708. The average molecular weight is 377 g/mol. The van der Waals surface area contributed by atoms with Crippen LogP contribution in [0.1, 0.15) is 58.4 Å². The van der Waals surface area contributed by atoms with Crippen LogP contribution in [0.5, 0.6) is 0 Å². The fourth-order valence-electron chi connectivity index (χ4n) is 4.84. The molecule has 142 valence electrons. The first-order valence-corrected chi connectivity index (χ1v) is 10.2. The molecule has 4 rings (SSSR count). The maximum atomic E-state index is 12.9. The van der Waals surface area contributed by atoms with Gasteiger partial charge in [0.15, 0.2) is 0 Å². The monoisotopic (exact) mass is 376 g/mol. The van der Waals surface area contributed by atoms with Gasteiger partial charge in [-0.1, -0.05) is 11.6 Å². The number of ether oxygens (including phenoxy) is 1. The van der Waals surface area contributed by atoms with E-state index in [9.17, 15) is 4.79 Å². The summed E-state index contributed by atoms with van der Waals surface area (Å²) >= 11 is 6.20. The molecule has 2 aliphatic heterocycles. The summed E-state index contributed by atoms with van der Waals surface area (Å²) in [5.74, 6) is 0. The van der Waals surface area contributed by atoms with E-state index in [1.165, 1.54) is 17.7 Å². The number of carbonyl (C=O) groups is 1. The van der Waals surface area contributed by atoms with Crippen LogP contribution in [0, 0.1) is 0 Å². The van der Waals surface area contributed by atoms with Crippen molar-refractivity contribution in [2.75, 3.05) is 18.0 Å². The second kappa shape index (κ2) is 6.33. The lowest BCUT2D eigenvalue weighted by Gasteiger charge is -2.45. The lowest BCUT2D eigenvalue weighted by molar-refractivity contribution is -0.00978. The molecule has 3 aliphatic rings. The third kappa shape index (κ3) is 3.17. The van der Waals surface area contributed by atoms with Crippen molar-refractivity contribution in [3.63, 3.8) is 0 Å². The zero-order valence-electron chi connectivity index (χ0n) is 16.1. The van der Waals surface area contributed by atoms with Gasteiger partial charge in [-0.05, 0) is 83.1 Å². The molecule has 0 bridgehead atoms. The summed E-state index contributed by atoms with van der Waals surface area (Å²) in [4.78, 5) is 17.4. The van der Waals surface area contributed by atoms with Gasteiger partial charge in [0, 0.05) is 35.4 Å². The van der Waals surface area contributed by atoms with Gasteiger partial charge in [0.05, 0.1) is 0 Å². The van der Waals surface area contributed by atoms with E-state index in [0.717, 1.165) is 50.2 Å². The Morgan fingerprint density at radius 2 is 2.04 bits per heavy atom. The molecule has 1 spiro atoms. The molecule has 0 aromatic heterocycles. The Morgan fingerprint density at radius 3 is 2.69 bits per heavy atom. The summed E-state index contributed by atoms with van der Waals surface area (Å²) in [6.45, 7) is 7.64. The first kappa shape index (κ1) is 18.0. The molecule has 1 amide bonds. The summed E-state index contributed by atoms with van der Waals surface area (Å²) in [6, 6.07) is 6.60. The number of nitrogens with zero attached hydrogens (tertiary/aromatic N) is 2. The lowest BCUT2D eigenvalue weighted by atomic mass is 9.74. The first-order valence-electron chi connectivity index (χ1n) is 9.83. The normalized spacial score (nSPS) is 24.4. The molecule has 2 fully saturated rings. The van der Waals surface area contributed by atoms with Crippen molar-refractivity contribution in [2.24, 2.45) is 0 Å². The van der Waals surface area contributed by atoms with E-state index in [4.69, 9.17) is 16.3 Å². The first-order chi connectivity index (χ1) is 12.3. The Balaban J connectivity index is 1.57. The van der Waals surface area contributed by atoms with E-state index in [0.29, 0.717) is 6.04 Å². The molecule has 1 atom stereocenters.